The monoisotopic (exact) mass is 174 g/mol. The van der Waals surface area contributed by atoms with Crippen molar-refractivity contribution in [2.45, 2.75) is 39.9 Å². The average molecular weight is 175 g/mol. The molecule has 0 saturated heterocycles. The molecule has 0 aromatic carbocycles. The summed E-state index contributed by atoms with van der Waals surface area (Å²) in [6, 6.07) is 0. The summed E-state index contributed by atoms with van der Waals surface area (Å²) in [5.41, 5.74) is 0. The van der Waals surface area contributed by atoms with Crippen LogP contribution < -0.4 is 0 Å². The Balaban J connectivity index is 0. The van der Waals surface area contributed by atoms with Crippen molar-refractivity contribution in [2.24, 2.45) is 0 Å². The Labute approximate surface area is 64.9 Å². The molecule has 0 bridgehead atoms. The zero-order chi connectivity index (χ0) is 5.86. The van der Waals surface area contributed by atoms with Gasteiger partial charge in [0.1, 0.15) is 0 Å². The number of hydrogen-bond donors (Lipinski definition) is 0. The second-order valence-electron chi connectivity index (χ2n) is 2.23. The van der Waals surface area contributed by atoms with Gasteiger partial charge in [-0.2, -0.15) is 0 Å². The van der Waals surface area contributed by atoms with E-state index in [-0.39, 0.29) is 19.8 Å². The molecule has 2 heteroatoms. The predicted octanol–water partition coefficient (Wildman–Crippen LogP) is 0.636. The molecule has 0 aromatic rings. The van der Waals surface area contributed by atoms with Crippen LogP contribution in [0, 0.1) is 0 Å². The molecule has 1 nitrogen and oxygen atoms in total. The van der Waals surface area contributed by atoms with Gasteiger partial charge in [-0.3, -0.25) is 0 Å². The summed E-state index contributed by atoms with van der Waals surface area (Å²) in [5, 5.41) is 0. The number of rotatable bonds is 2. The number of ether oxygens (including phenoxy) is 1. The first-order valence-corrected chi connectivity index (χ1v) is 2.78. The van der Waals surface area contributed by atoms with Crippen LogP contribution in [0.1, 0.15) is 27.7 Å². The molecule has 0 aliphatic heterocycles. The van der Waals surface area contributed by atoms with Gasteiger partial charge in [0.25, 0.3) is 0 Å². The van der Waals surface area contributed by atoms with Crippen LogP contribution in [0.5, 0.6) is 0 Å². The van der Waals surface area contributed by atoms with Crippen molar-refractivity contribution in [2.75, 3.05) is 0 Å². The average Bonchev–Trinajstić information content (AvgIpc) is 1.27. The second-order valence-corrected chi connectivity index (χ2v) is 2.23. The quantitative estimate of drug-likeness (QED) is 0.559. The van der Waals surface area contributed by atoms with Gasteiger partial charge in [0.2, 0.25) is 0 Å². The first-order chi connectivity index (χ1) is 3.13. The van der Waals surface area contributed by atoms with Crippen molar-refractivity contribution in [3.05, 3.63) is 0 Å². The van der Waals surface area contributed by atoms with E-state index in [2.05, 4.69) is 0 Å². The summed E-state index contributed by atoms with van der Waals surface area (Å²) in [6.45, 7) is 8.17. The third-order valence-electron chi connectivity index (χ3n) is 0.544. The summed E-state index contributed by atoms with van der Waals surface area (Å²) in [4.78, 5) is 0. The van der Waals surface area contributed by atoms with Crippen LogP contribution >= 0.6 is 0 Å². The number of hydrogen-bond acceptors (Lipinski definition) is 1. The van der Waals surface area contributed by atoms with Gasteiger partial charge in [-0.05, 0) is 27.7 Å². The van der Waals surface area contributed by atoms with Gasteiger partial charge in [-0.1, -0.05) is 0 Å². The van der Waals surface area contributed by atoms with Gasteiger partial charge in [0.05, 0.1) is 12.2 Å². The van der Waals surface area contributed by atoms with Gasteiger partial charge in [0.15, 0.2) is 0 Å². The molecular formula is C6H17GaO. The fraction of sp³-hybridized carbons (Fsp3) is 1.00. The Bertz CT molecular complexity index is 37.8. The normalized spacial score (nSPS) is 9.75. The fourth-order valence-corrected chi connectivity index (χ4v) is 0.544. The maximum atomic E-state index is 5.25. The minimum atomic E-state index is 0. The molecule has 0 atom stereocenters. The van der Waals surface area contributed by atoms with E-state index < -0.39 is 0 Å². The molecule has 0 N–H and O–H groups in total. The Morgan fingerprint density at radius 1 is 0.875 bits per heavy atom. The summed E-state index contributed by atoms with van der Waals surface area (Å²) >= 11 is 0. The molecule has 0 radical (unpaired) electrons. The minimum absolute atomic E-state index is 0. The van der Waals surface area contributed by atoms with Gasteiger partial charge in [-0.25, -0.2) is 0 Å². The van der Waals surface area contributed by atoms with E-state index >= 15 is 0 Å². The Morgan fingerprint density at radius 3 is 1.12 bits per heavy atom. The van der Waals surface area contributed by atoms with E-state index in [1.807, 2.05) is 27.7 Å². The molecule has 0 saturated carbocycles. The molecule has 0 heterocycles. The zero-order valence-electron chi connectivity index (χ0n) is 5.56. The van der Waals surface area contributed by atoms with Crippen molar-refractivity contribution in [1.82, 2.24) is 0 Å². The van der Waals surface area contributed by atoms with Gasteiger partial charge < -0.3 is 4.74 Å². The van der Waals surface area contributed by atoms with Crippen molar-refractivity contribution in [3.8, 4) is 0 Å². The molecule has 0 spiro atoms. The predicted molar refractivity (Wildman–Crippen MR) is 41.3 cm³/mol. The molecular weight excluding hydrogens is 158 g/mol. The molecule has 0 unspecified atom stereocenters. The van der Waals surface area contributed by atoms with E-state index in [1.54, 1.807) is 0 Å². The van der Waals surface area contributed by atoms with Crippen LogP contribution in [0.4, 0.5) is 0 Å². The van der Waals surface area contributed by atoms with Crippen LogP contribution in [0.3, 0.4) is 0 Å². The summed E-state index contributed by atoms with van der Waals surface area (Å²) in [5.74, 6) is 0. The molecule has 50 valence electrons. The van der Waals surface area contributed by atoms with E-state index in [0.29, 0.717) is 12.2 Å². The van der Waals surface area contributed by atoms with E-state index in [4.69, 9.17) is 4.74 Å². The van der Waals surface area contributed by atoms with Crippen molar-refractivity contribution < 1.29 is 4.74 Å². The van der Waals surface area contributed by atoms with Gasteiger partial charge >= 0.3 is 19.8 Å². The zero-order valence-corrected chi connectivity index (χ0v) is 5.56. The van der Waals surface area contributed by atoms with Crippen molar-refractivity contribution >= 4 is 19.8 Å². The fourth-order valence-electron chi connectivity index (χ4n) is 0.544. The van der Waals surface area contributed by atoms with E-state index in [9.17, 15) is 0 Å². The summed E-state index contributed by atoms with van der Waals surface area (Å²) in [6.07, 6.45) is 0.750. The molecule has 8 heavy (non-hydrogen) atoms. The van der Waals surface area contributed by atoms with Crippen LogP contribution in [-0.4, -0.2) is 32.0 Å². The summed E-state index contributed by atoms with van der Waals surface area (Å²) < 4.78 is 5.25. The molecule has 0 rings (SSSR count). The molecule has 0 aliphatic carbocycles. The first-order valence-electron chi connectivity index (χ1n) is 2.78. The topological polar surface area (TPSA) is 9.23 Å². The standard InChI is InChI=1S/C6H14O.Ga.3H/c1-5(2)7-6(3)4;;;;/h5-6H,1-4H3;;;;. The van der Waals surface area contributed by atoms with Crippen LogP contribution in [0.15, 0.2) is 0 Å². The Morgan fingerprint density at radius 2 is 1.12 bits per heavy atom. The Kier molecular flexibility index (Phi) is 8.16. The summed E-state index contributed by atoms with van der Waals surface area (Å²) in [7, 11) is 0. The first kappa shape index (κ1) is 11.4. The van der Waals surface area contributed by atoms with Crippen molar-refractivity contribution in [1.29, 1.82) is 0 Å². The van der Waals surface area contributed by atoms with Crippen LogP contribution in [0.25, 0.3) is 0 Å². The molecule has 0 aromatic heterocycles. The van der Waals surface area contributed by atoms with E-state index in [1.165, 1.54) is 0 Å². The van der Waals surface area contributed by atoms with Crippen LogP contribution in [0.2, 0.25) is 0 Å². The van der Waals surface area contributed by atoms with Crippen LogP contribution in [-0.2, 0) is 4.74 Å². The van der Waals surface area contributed by atoms with Crippen molar-refractivity contribution in [3.63, 3.8) is 0 Å². The molecule has 0 aliphatic rings. The maximum absolute atomic E-state index is 5.25. The molecule has 0 fully saturated rings. The van der Waals surface area contributed by atoms with Gasteiger partial charge in [-0.15, -0.1) is 0 Å². The van der Waals surface area contributed by atoms with Gasteiger partial charge in [0, 0.05) is 0 Å². The third-order valence-corrected chi connectivity index (χ3v) is 0.544. The second kappa shape index (κ2) is 5.73. The molecule has 0 amide bonds. The Hall–Kier alpha value is 0.596. The SMILES string of the molecule is CC(C)OC(C)C.[GaH3]. The van der Waals surface area contributed by atoms with E-state index in [0.717, 1.165) is 0 Å². The third kappa shape index (κ3) is 9.78.